The number of ether oxygens (including phenoxy) is 1. The Kier molecular flexibility index (Phi) is 6.80. The average Bonchev–Trinajstić information content (AvgIpc) is 3.43. The van der Waals surface area contributed by atoms with Crippen molar-refractivity contribution in [1.82, 2.24) is 4.90 Å². The molecule has 1 atom stereocenters. The first-order valence-electron chi connectivity index (χ1n) is 9.36. The van der Waals surface area contributed by atoms with E-state index in [0.29, 0.717) is 19.8 Å². The predicted octanol–water partition coefficient (Wildman–Crippen LogP) is 2.84. The van der Waals surface area contributed by atoms with E-state index >= 15 is 0 Å². The zero-order valence-electron chi connectivity index (χ0n) is 15.3. The minimum Gasteiger partial charge on any atom is -0.396 e. The number of hydrogen-bond acceptors (Lipinski definition) is 4. The predicted molar refractivity (Wildman–Crippen MR) is 103 cm³/mol. The summed E-state index contributed by atoms with van der Waals surface area (Å²) < 4.78 is 5.68. The van der Waals surface area contributed by atoms with Crippen molar-refractivity contribution in [2.45, 2.75) is 32.1 Å². The maximum absolute atomic E-state index is 10.4. The number of aliphatic hydroxyl groups is 2. The zero-order valence-corrected chi connectivity index (χ0v) is 15.3. The van der Waals surface area contributed by atoms with Crippen molar-refractivity contribution in [2.24, 2.45) is 5.41 Å². The molecule has 2 aromatic carbocycles. The van der Waals surface area contributed by atoms with Gasteiger partial charge in [0.15, 0.2) is 0 Å². The summed E-state index contributed by atoms with van der Waals surface area (Å²) in [5.74, 6) is 0. The lowest BCUT2D eigenvalue weighted by Crippen LogP contribution is -2.39. The van der Waals surface area contributed by atoms with Gasteiger partial charge in [0.2, 0.25) is 0 Å². The van der Waals surface area contributed by atoms with Crippen molar-refractivity contribution < 1.29 is 14.9 Å². The van der Waals surface area contributed by atoms with Crippen LogP contribution >= 0.6 is 0 Å². The molecule has 0 unspecified atom stereocenters. The molecule has 4 nitrogen and oxygen atoms in total. The van der Waals surface area contributed by atoms with E-state index in [2.05, 4.69) is 17.0 Å². The molecule has 0 amide bonds. The first-order valence-corrected chi connectivity index (χ1v) is 9.36. The number of nitrogens with zero attached hydrogens (tertiary/aromatic N) is 1. The van der Waals surface area contributed by atoms with Gasteiger partial charge in [-0.25, -0.2) is 0 Å². The Bertz CT molecular complexity index is 643. The van der Waals surface area contributed by atoms with Gasteiger partial charge in [-0.2, -0.15) is 0 Å². The van der Waals surface area contributed by atoms with Gasteiger partial charge in [-0.1, -0.05) is 60.7 Å². The van der Waals surface area contributed by atoms with Crippen LogP contribution < -0.4 is 0 Å². The Morgan fingerprint density at radius 2 is 1.58 bits per heavy atom. The first kappa shape index (κ1) is 19.1. The third kappa shape index (κ3) is 5.92. The van der Waals surface area contributed by atoms with Crippen molar-refractivity contribution in [3.05, 3.63) is 71.8 Å². The molecular weight excluding hydrogens is 326 g/mol. The monoisotopic (exact) mass is 355 g/mol. The molecule has 2 aromatic rings. The van der Waals surface area contributed by atoms with Crippen LogP contribution in [0.4, 0.5) is 0 Å². The van der Waals surface area contributed by atoms with Crippen molar-refractivity contribution in [2.75, 3.05) is 26.3 Å². The van der Waals surface area contributed by atoms with Gasteiger partial charge in [0.25, 0.3) is 0 Å². The Morgan fingerprint density at radius 1 is 0.962 bits per heavy atom. The molecule has 3 rings (SSSR count). The molecule has 0 radical (unpaired) electrons. The largest absolute Gasteiger partial charge is 0.396 e. The lowest BCUT2D eigenvalue weighted by atomic mass is 10.1. The fourth-order valence-electron chi connectivity index (χ4n) is 3.28. The molecule has 0 bridgehead atoms. The van der Waals surface area contributed by atoms with Crippen molar-refractivity contribution >= 4 is 0 Å². The normalized spacial score (nSPS) is 16.6. The van der Waals surface area contributed by atoms with Gasteiger partial charge < -0.3 is 14.9 Å². The van der Waals surface area contributed by atoms with Crippen molar-refractivity contribution in [1.29, 1.82) is 0 Å². The smallest absolute Gasteiger partial charge is 0.0900 e. The van der Waals surface area contributed by atoms with Crippen LogP contribution in [0.1, 0.15) is 24.0 Å². The molecule has 1 saturated carbocycles. The highest BCUT2D eigenvalue weighted by Crippen LogP contribution is 2.45. The Balaban J connectivity index is 1.50. The molecule has 140 valence electrons. The van der Waals surface area contributed by atoms with E-state index in [-0.39, 0.29) is 12.0 Å². The first-order chi connectivity index (χ1) is 12.7. The summed E-state index contributed by atoms with van der Waals surface area (Å²) >= 11 is 0. The second-order valence-electron chi connectivity index (χ2n) is 7.47. The lowest BCUT2D eigenvalue weighted by molar-refractivity contribution is 0.00303. The maximum atomic E-state index is 10.4. The average molecular weight is 355 g/mol. The van der Waals surface area contributed by atoms with Crippen LogP contribution in [0.3, 0.4) is 0 Å². The molecule has 2 N–H and O–H groups in total. The van der Waals surface area contributed by atoms with Gasteiger partial charge >= 0.3 is 0 Å². The van der Waals surface area contributed by atoms with Crippen LogP contribution in [0.2, 0.25) is 0 Å². The molecule has 0 saturated heterocycles. The van der Waals surface area contributed by atoms with Gasteiger partial charge in [0, 0.05) is 31.7 Å². The number of benzene rings is 2. The minimum atomic E-state index is -0.545. The van der Waals surface area contributed by atoms with E-state index in [0.717, 1.165) is 31.5 Å². The Labute approximate surface area is 156 Å². The summed E-state index contributed by atoms with van der Waals surface area (Å²) in [6.07, 6.45) is 1.59. The van der Waals surface area contributed by atoms with Gasteiger partial charge in [-0.05, 0) is 24.0 Å². The lowest BCUT2D eigenvalue weighted by Gasteiger charge is -2.28. The molecule has 0 aliphatic heterocycles. The molecule has 26 heavy (non-hydrogen) atoms. The third-order valence-corrected chi connectivity index (χ3v) is 4.99. The molecular formula is C22H29NO3. The van der Waals surface area contributed by atoms with E-state index < -0.39 is 6.10 Å². The summed E-state index contributed by atoms with van der Waals surface area (Å²) in [5.41, 5.74) is 2.36. The van der Waals surface area contributed by atoms with Gasteiger partial charge in [0.05, 0.1) is 19.3 Å². The van der Waals surface area contributed by atoms with E-state index in [4.69, 9.17) is 4.74 Å². The van der Waals surface area contributed by atoms with Gasteiger partial charge in [-0.15, -0.1) is 0 Å². The van der Waals surface area contributed by atoms with Crippen LogP contribution in [-0.4, -0.2) is 47.5 Å². The highest BCUT2D eigenvalue weighted by Gasteiger charge is 2.43. The second kappa shape index (κ2) is 9.28. The van der Waals surface area contributed by atoms with Crippen LogP contribution in [-0.2, 0) is 17.9 Å². The van der Waals surface area contributed by atoms with Crippen LogP contribution in [0.5, 0.6) is 0 Å². The fraction of sp³-hybridized carbons (Fsp3) is 0.455. The highest BCUT2D eigenvalue weighted by atomic mass is 16.5. The minimum absolute atomic E-state index is 0.0272. The topological polar surface area (TPSA) is 52.9 Å². The van der Waals surface area contributed by atoms with Crippen LogP contribution in [0.15, 0.2) is 60.7 Å². The zero-order chi connectivity index (χ0) is 18.2. The Morgan fingerprint density at radius 3 is 2.15 bits per heavy atom. The van der Waals surface area contributed by atoms with E-state index in [9.17, 15) is 10.2 Å². The van der Waals surface area contributed by atoms with Crippen LogP contribution in [0.25, 0.3) is 0 Å². The molecule has 0 aromatic heterocycles. The van der Waals surface area contributed by atoms with Crippen molar-refractivity contribution in [3.8, 4) is 0 Å². The SMILES string of the molecule is OCC1(CN(Cc2ccccc2)C[C@H](O)COCc2ccccc2)CC1. The van der Waals surface area contributed by atoms with Gasteiger partial charge in [0.1, 0.15) is 0 Å². The molecule has 1 aliphatic carbocycles. The molecule has 1 fully saturated rings. The highest BCUT2D eigenvalue weighted by molar-refractivity contribution is 5.15. The van der Waals surface area contributed by atoms with Gasteiger partial charge in [-0.3, -0.25) is 4.90 Å². The summed E-state index contributed by atoms with van der Waals surface area (Å²) in [5, 5.41) is 20.1. The van der Waals surface area contributed by atoms with E-state index in [1.165, 1.54) is 5.56 Å². The van der Waals surface area contributed by atoms with Crippen molar-refractivity contribution in [3.63, 3.8) is 0 Å². The maximum Gasteiger partial charge on any atom is 0.0900 e. The summed E-state index contributed by atoms with van der Waals surface area (Å²) in [7, 11) is 0. The van der Waals surface area contributed by atoms with Crippen LogP contribution in [0, 0.1) is 5.41 Å². The molecule has 1 aliphatic rings. The Hall–Kier alpha value is -1.72. The molecule has 0 heterocycles. The van der Waals surface area contributed by atoms with E-state index in [1.807, 2.05) is 48.5 Å². The molecule has 4 heteroatoms. The number of aliphatic hydroxyl groups excluding tert-OH is 2. The second-order valence-corrected chi connectivity index (χ2v) is 7.47. The summed E-state index contributed by atoms with van der Waals surface area (Å²) in [4.78, 5) is 2.25. The summed E-state index contributed by atoms with van der Waals surface area (Å²) in [6.45, 7) is 3.18. The fourth-order valence-corrected chi connectivity index (χ4v) is 3.28. The standard InChI is InChI=1S/C22H29NO3/c24-18-22(11-12-22)17-23(13-19-7-3-1-4-8-19)14-21(25)16-26-15-20-9-5-2-6-10-20/h1-10,21,24-25H,11-18H2/t21-/m0/s1. The molecule has 0 spiro atoms. The third-order valence-electron chi connectivity index (χ3n) is 4.99. The van der Waals surface area contributed by atoms with E-state index in [1.54, 1.807) is 0 Å². The number of hydrogen-bond donors (Lipinski definition) is 2. The number of rotatable bonds is 11. The quantitative estimate of drug-likeness (QED) is 0.651. The summed E-state index contributed by atoms with van der Waals surface area (Å²) in [6, 6.07) is 20.3.